The van der Waals surface area contributed by atoms with Gasteiger partial charge in [-0.3, -0.25) is 9.59 Å². The lowest BCUT2D eigenvalue weighted by atomic mass is 9.98. The number of amides is 1. The molecule has 1 aromatic carbocycles. The third kappa shape index (κ3) is 1.32. The second-order valence-electron chi connectivity index (χ2n) is 2.80. The third-order valence-electron chi connectivity index (χ3n) is 1.97. The Kier molecular flexibility index (Phi) is 2.09. The molecule has 0 saturated heterocycles. The number of carbonyl (C=O) groups is 2. The highest BCUT2D eigenvalue weighted by Gasteiger charge is 2.22. The van der Waals surface area contributed by atoms with Crippen LogP contribution >= 0.6 is 11.6 Å². The van der Waals surface area contributed by atoms with Crippen LogP contribution in [0.4, 0.5) is 0 Å². The number of halogens is 1. The van der Waals surface area contributed by atoms with E-state index in [1.807, 2.05) is 0 Å². The van der Waals surface area contributed by atoms with Crippen LogP contribution < -0.4 is 5.32 Å². The summed E-state index contributed by atoms with van der Waals surface area (Å²) in [5, 5.41) is 2.96. The number of nitrogens with zero attached hydrogens (tertiary/aromatic N) is 1. The Labute approximate surface area is 85.4 Å². The monoisotopic (exact) mass is 206 g/mol. The zero-order chi connectivity index (χ0) is 10.1. The van der Waals surface area contributed by atoms with Crippen LogP contribution in [0, 0.1) is 0 Å². The predicted molar refractivity (Wildman–Crippen MR) is 51.7 cm³/mol. The summed E-state index contributed by atoms with van der Waals surface area (Å²) in [6.07, 6.45) is 1.21. The van der Waals surface area contributed by atoms with E-state index >= 15 is 0 Å². The SMILES string of the molecule is O=C(Cl)C1=C[N]C(=O)c2ccccc21. The van der Waals surface area contributed by atoms with E-state index in [1.165, 1.54) is 6.20 Å². The Balaban J connectivity index is 2.62. The highest BCUT2D eigenvalue weighted by molar-refractivity contribution is 6.74. The third-order valence-corrected chi connectivity index (χ3v) is 2.17. The largest absolute Gasteiger partial charge is 0.277 e. The van der Waals surface area contributed by atoms with Gasteiger partial charge in [0.25, 0.3) is 11.1 Å². The van der Waals surface area contributed by atoms with E-state index in [1.54, 1.807) is 24.3 Å². The summed E-state index contributed by atoms with van der Waals surface area (Å²) < 4.78 is 0. The van der Waals surface area contributed by atoms with Crippen LogP contribution in [0.15, 0.2) is 30.5 Å². The van der Waals surface area contributed by atoms with Gasteiger partial charge in [0.1, 0.15) is 0 Å². The first-order valence-electron chi connectivity index (χ1n) is 3.95. The Morgan fingerprint density at radius 3 is 2.50 bits per heavy atom. The Bertz CT molecular complexity index is 451. The van der Waals surface area contributed by atoms with Gasteiger partial charge in [-0.15, -0.1) is 0 Å². The molecule has 0 atom stereocenters. The molecule has 0 N–H and O–H groups in total. The molecular weight excluding hydrogens is 202 g/mol. The van der Waals surface area contributed by atoms with Crippen LogP contribution in [0.3, 0.4) is 0 Å². The van der Waals surface area contributed by atoms with Crippen molar-refractivity contribution in [3.05, 3.63) is 41.6 Å². The highest BCUT2D eigenvalue weighted by atomic mass is 35.5. The molecule has 0 aliphatic carbocycles. The molecule has 3 nitrogen and oxygen atoms in total. The second-order valence-corrected chi connectivity index (χ2v) is 3.14. The van der Waals surface area contributed by atoms with Crippen molar-refractivity contribution >= 4 is 28.3 Å². The molecule has 1 radical (unpaired) electrons. The molecule has 1 aliphatic rings. The van der Waals surface area contributed by atoms with Gasteiger partial charge in [0.2, 0.25) is 0 Å². The number of rotatable bonds is 1. The van der Waals surface area contributed by atoms with Gasteiger partial charge >= 0.3 is 0 Å². The number of benzene rings is 1. The zero-order valence-corrected chi connectivity index (χ0v) is 7.78. The van der Waals surface area contributed by atoms with Crippen LogP contribution in [0.1, 0.15) is 15.9 Å². The molecule has 1 heterocycles. The predicted octanol–water partition coefficient (Wildman–Crippen LogP) is 1.55. The summed E-state index contributed by atoms with van der Waals surface area (Å²) in [5.41, 5.74) is 1.23. The van der Waals surface area contributed by atoms with Gasteiger partial charge in [-0.25, -0.2) is 5.32 Å². The van der Waals surface area contributed by atoms with Gasteiger partial charge in [-0.2, -0.15) is 0 Å². The fourth-order valence-electron chi connectivity index (χ4n) is 1.32. The van der Waals surface area contributed by atoms with Gasteiger partial charge in [0.05, 0.1) is 5.57 Å². The molecule has 1 aliphatic heterocycles. The molecule has 4 heteroatoms. The molecule has 2 rings (SSSR count). The minimum Gasteiger partial charge on any atom is -0.276 e. The van der Waals surface area contributed by atoms with E-state index in [-0.39, 0.29) is 11.5 Å². The van der Waals surface area contributed by atoms with Gasteiger partial charge in [0, 0.05) is 17.3 Å². The molecule has 0 unspecified atom stereocenters. The van der Waals surface area contributed by atoms with Crippen molar-refractivity contribution in [1.29, 1.82) is 0 Å². The Morgan fingerprint density at radius 1 is 1.21 bits per heavy atom. The van der Waals surface area contributed by atoms with E-state index in [0.29, 0.717) is 11.1 Å². The van der Waals surface area contributed by atoms with Gasteiger partial charge < -0.3 is 0 Å². The van der Waals surface area contributed by atoms with Crippen LogP contribution in [-0.4, -0.2) is 11.1 Å². The lowest BCUT2D eigenvalue weighted by molar-refractivity contribution is -0.106. The number of fused-ring (bicyclic) bond motifs is 1. The van der Waals surface area contributed by atoms with E-state index in [2.05, 4.69) is 5.32 Å². The minimum atomic E-state index is -0.603. The van der Waals surface area contributed by atoms with Crippen molar-refractivity contribution < 1.29 is 9.59 Å². The van der Waals surface area contributed by atoms with Crippen LogP contribution in [0.2, 0.25) is 0 Å². The molecule has 14 heavy (non-hydrogen) atoms. The topological polar surface area (TPSA) is 48.2 Å². The first kappa shape index (κ1) is 8.97. The van der Waals surface area contributed by atoms with Crippen LogP contribution in [-0.2, 0) is 4.79 Å². The van der Waals surface area contributed by atoms with E-state index in [0.717, 1.165) is 0 Å². The smallest absolute Gasteiger partial charge is 0.276 e. The summed E-state index contributed by atoms with van der Waals surface area (Å²) in [7, 11) is 0. The zero-order valence-electron chi connectivity index (χ0n) is 7.03. The van der Waals surface area contributed by atoms with Crippen LogP contribution in [0.5, 0.6) is 0 Å². The standard InChI is InChI=1S/C10H5ClNO2/c11-9(13)8-5-12-10(14)7-4-2-1-3-6(7)8/h1-5H. The first-order valence-corrected chi connectivity index (χ1v) is 4.32. The molecule has 0 fully saturated rings. The van der Waals surface area contributed by atoms with E-state index < -0.39 is 5.24 Å². The van der Waals surface area contributed by atoms with Crippen molar-refractivity contribution in [2.75, 3.05) is 0 Å². The summed E-state index contributed by atoms with van der Waals surface area (Å²) in [5.74, 6) is -0.345. The lowest BCUT2D eigenvalue weighted by Crippen LogP contribution is -2.19. The fraction of sp³-hybridized carbons (Fsp3) is 0. The molecule has 69 valence electrons. The van der Waals surface area contributed by atoms with Gasteiger partial charge in [-0.05, 0) is 17.7 Å². The van der Waals surface area contributed by atoms with Crippen molar-refractivity contribution in [2.24, 2.45) is 0 Å². The molecule has 1 aromatic rings. The Hall–Kier alpha value is -1.61. The minimum absolute atomic E-state index is 0.266. The quantitative estimate of drug-likeness (QED) is 0.655. The fourth-order valence-corrected chi connectivity index (χ4v) is 1.47. The van der Waals surface area contributed by atoms with Crippen molar-refractivity contribution in [2.45, 2.75) is 0 Å². The molecule has 0 spiro atoms. The number of hydrogen-bond acceptors (Lipinski definition) is 2. The van der Waals surface area contributed by atoms with E-state index in [4.69, 9.17) is 11.6 Å². The van der Waals surface area contributed by atoms with Crippen molar-refractivity contribution in [3.63, 3.8) is 0 Å². The van der Waals surface area contributed by atoms with Gasteiger partial charge in [-0.1, -0.05) is 18.2 Å². The van der Waals surface area contributed by atoms with Gasteiger partial charge in [0.15, 0.2) is 0 Å². The molecule has 0 saturated carbocycles. The summed E-state index contributed by atoms with van der Waals surface area (Å²) in [6, 6.07) is 6.75. The first-order chi connectivity index (χ1) is 6.70. The maximum absolute atomic E-state index is 11.3. The lowest BCUT2D eigenvalue weighted by Gasteiger charge is -2.12. The summed E-state index contributed by atoms with van der Waals surface area (Å²) >= 11 is 5.35. The average molecular weight is 207 g/mol. The summed E-state index contributed by atoms with van der Waals surface area (Å²) in [4.78, 5) is 22.3. The average Bonchev–Trinajstić information content (AvgIpc) is 2.18. The highest BCUT2D eigenvalue weighted by Crippen LogP contribution is 2.24. The molecular formula is C10H5ClNO2. The Morgan fingerprint density at radius 2 is 1.86 bits per heavy atom. The number of hydrogen-bond donors (Lipinski definition) is 0. The van der Waals surface area contributed by atoms with Crippen molar-refractivity contribution in [1.82, 2.24) is 5.32 Å². The number of allylic oxidation sites excluding steroid dienone is 1. The van der Waals surface area contributed by atoms with Crippen LogP contribution in [0.25, 0.3) is 5.57 Å². The summed E-state index contributed by atoms with van der Waals surface area (Å²) in [6.45, 7) is 0. The normalized spacial score (nSPS) is 14.1. The number of carbonyl (C=O) groups excluding carboxylic acids is 2. The maximum atomic E-state index is 11.3. The molecule has 1 amide bonds. The second kappa shape index (κ2) is 3.27. The molecule has 0 aromatic heterocycles. The van der Waals surface area contributed by atoms with E-state index in [9.17, 15) is 9.59 Å². The molecule has 0 bridgehead atoms. The van der Waals surface area contributed by atoms with Crippen molar-refractivity contribution in [3.8, 4) is 0 Å². The maximum Gasteiger partial charge on any atom is 0.277 e.